The molecule has 0 aliphatic carbocycles. The van der Waals surface area contributed by atoms with Crippen LogP contribution in [-0.4, -0.2) is 48.9 Å². The quantitative estimate of drug-likeness (QED) is 0.507. The number of ether oxygens (including phenoxy) is 1. The number of methoxy groups -OCH3 is 1. The van der Waals surface area contributed by atoms with E-state index in [1.165, 1.54) is 14.0 Å². The Morgan fingerprint density at radius 1 is 1.60 bits per heavy atom. The first-order chi connectivity index (χ1) is 6.95. The third kappa shape index (κ3) is 5.86. The SMILES string of the molecule is COCP(=O)(N[C@@H](C)C(=O)O)OCCO. The second kappa shape index (κ2) is 6.92. The van der Waals surface area contributed by atoms with Crippen molar-refractivity contribution in [1.29, 1.82) is 0 Å². The fourth-order valence-corrected chi connectivity index (χ4v) is 2.46. The van der Waals surface area contributed by atoms with E-state index in [2.05, 4.69) is 9.82 Å². The van der Waals surface area contributed by atoms with Crippen LogP contribution in [0.3, 0.4) is 0 Å². The minimum atomic E-state index is -3.36. The molecule has 0 saturated carbocycles. The summed E-state index contributed by atoms with van der Waals surface area (Å²) in [6.45, 7) is 0.907. The molecule has 0 fully saturated rings. The average Bonchev–Trinajstić information content (AvgIpc) is 2.15. The molecule has 3 N–H and O–H groups in total. The highest BCUT2D eigenvalue weighted by Gasteiger charge is 2.27. The number of carboxylic acids is 1. The van der Waals surface area contributed by atoms with Crippen LogP contribution in [0.1, 0.15) is 6.92 Å². The zero-order valence-electron chi connectivity index (χ0n) is 8.67. The van der Waals surface area contributed by atoms with Gasteiger partial charge in [0.25, 0.3) is 7.52 Å². The van der Waals surface area contributed by atoms with Crippen LogP contribution >= 0.6 is 7.52 Å². The fourth-order valence-electron chi connectivity index (χ4n) is 0.820. The highest BCUT2D eigenvalue weighted by atomic mass is 31.2. The molecular weight excluding hydrogens is 225 g/mol. The molecule has 0 rings (SSSR count). The maximum atomic E-state index is 11.9. The van der Waals surface area contributed by atoms with E-state index in [0.29, 0.717) is 0 Å². The van der Waals surface area contributed by atoms with Gasteiger partial charge < -0.3 is 19.5 Å². The van der Waals surface area contributed by atoms with Crippen molar-refractivity contribution in [2.75, 3.05) is 26.7 Å². The van der Waals surface area contributed by atoms with Crippen LogP contribution in [0.15, 0.2) is 0 Å². The Balaban J connectivity index is 4.36. The van der Waals surface area contributed by atoms with Crippen molar-refractivity contribution in [3.63, 3.8) is 0 Å². The molecule has 1 unspecified atom stereocenters. The van der Waals surface area contributed by atoms with E-state index in [0.717, 1.165) is 0 Å². The average molecular weight is 241 g/mol. The summed E-state index contributed by atoms with van der Waals surface area (Å²) in [6.07, 6.45) is -0.245. The van der Waals surface area contributed by atoms with E-state index < -0.39 is 19.5 Å². The first-order valence-corrected chi connectivity index (χ1v) is 6.10. The second-order valence-corrected chi connectivity index (χ2v) is 4.96. The molecule has 0 aromatic heterocycles. The van der Waals surface area contributed by atoms with Crippen molar-refractivity contribution in [1.82, 2.24) is 5.09 Å². The monoisotopic (exact) mass is 241 g/mol. The molecule has 8 heteroatoms. The summed E-state index contributed by atoms with van der Waals surface area (Å²) >= 11 is 0. The van der Waals surface area contributed by atoms with Crippen molar-refractivity contribution in [2.24, 2.45) is 0 Å². The van der Waals surface area contributed by atoms with Crippen molar-refractivity contribution in [2.45, 2.75) is 13.0 Å². The van der Waals surface area contributed by atoms with Gasteiger partial charge >= 0.3 is 5.97 Å². The Labute approximate surface area is 87.9 Å². The molecule has 0 aliphatic rings. The van der Waals surface area contributed by atoms with Crippen molar-refractivity contribution in [3.8, 4) is 0 Å². The molecule has 2 atom stereocenters. The number of hydrogen-bond acceptors (Lipinski definition) is 5. The molecule has 7 nitrogen and oxygen atoms in total. The van der Waals surface area contributed by atoms with Crippen molar-refractivity contribution in [3.05, 3.63) is 0 Å². The molecule has 0 radical (unpaired) electrons. The molecule has 0 heterocycles. The van der Waals surface area contributed by atoms with E-state index in [1.807, 2.05) is 0 Å². The van der Waals surface area contributed by atoms with Crippen LogP contribution in [0.5, 0.6) is 0 Å². The fraction of sp³-hybridized carbons (Fsp3) is 0.857. The highest BCUT2D eigenvalue weighted by molar-refractivity contribution is 7.56. The molecule has 0 aromatic carbocycles. The van der Waals surface area contributed by atoms with Gasteiger partial charge in [0.2, 0.25) is 0 Å². The second-order valence-electron chi connectivity index (χ2n) is 2.84. The van der Waals surface area contributed by atoms with E-state index >= 15 is 0 Å². The maximum Gasteiger partial charge on any atom is 0.320 e. The molecule has 0 aromatic rings. The predicted octanol–water partition coefficient (Wildman–Crippen LogP) is -0.145. The first-order valence-electron chi connectivity index (χ1n) is 4.29. The number of nitrogens with one attached hydrogen (secondary N) is 1. The predicted molar refractivity (Wildman–Crippen MR) is 52.8 cm³/mol. The molecule has 0 spiro atoms. The van der Waals surface area contributed by atoms with Gasteiger partial charge in [0.05, 0.1) is 13.2 Å². The molecule has 15 heavy (non-hydrogen) atoms. The number of carbonyl (C=O) groups is 1. The molecule has 0 aliphatic heterocycles. The molecule has 90 valence electrons. The van der Waals surface area contributed by atoms with Gasteiger partial charge in [-0.2, -0.15) is 0 Å². The topological polar surface area (TPSA) is 105 Å². The lowest BCUT2D eigenvalue weighted by Gasteiger charge is -2.20. The largest absolute Gasteiger partial charge is 0.480 e. The summed E-state index contributed by atoms with van der Waals surface area (Å²) in [5, 5.41) is 19.4. The summed E-state index contributed by atoms with van der Waals surface area (Å²) in [5.74, 6) is -1.14. The smallest absolute Gasteiger partial charge is 0.320 e. The number of hydrogen-bond donors (Lipinski definition) is 3. The van der Waals surface area contributed by atoms with Gasteiger partial charge in [-0.25, -0.2) is 5.09 Å². The number of aliphatic hydroxyl groups excluding tert-OH is 1. The van der Waals surface area contributed by atoms with Crippen LogP contribution in [0, 0.1) is 0 Å². The summed E-state index contributed by atoms with van der Waals surface area (Å²) in [6, 6.07) is -1.01. The van der Waals surface area contributed by atoms with Crippen LogP contribution in [-0.2, 0) is 18.6 Å². The van der Waals surface area contributed by atoms with Gasteiger partial charge in [0.1, 0.15) is 12.4 Å². The Morgan fingerprint density at radius 2 is 2.20 bits per heavy atom. The highest BCUT2D eigenvalue weighted by Crippen LogP contribution is 2.42. The Morgan fingerprint density at radius 3 is 2.60 bits per heavy atom. The van der Waals surface area contributed by atoms with Gasteiger partial charge in [-0.1, -0.05) is 0 Å². The lowest BCUT2D eigenvalue weighted by Crippen LogP contribution is -2.33. The Bertz CT molecular complexity index is 246. The van der Waals surface area contributed by atoms with E-state index in [4.69, 9.17) is 14.7 Å². The Hall–Kier alpha value is -0.460. The summed E-state index contributed by atoms with van der Waals surface area (Å²) in [4.78, 5) is 10.5. The van der Waals surface area contributed by atoms with Crippen LogP contribution in [0.2, 0.25) is 0 Å². The minimum absolute atomic E-state index is 0.139. The van der Waals surface area contributed by atoms with Crippen LogP contribution < -0.4 is 5.09 Å². The van der Waals surface area contributed by atoms with Gasteiger partial charge in [-0.05, 0) is 6.92 Å². The first kappa shape index (κ1) is 14.5. The minimum Gasteiger partial charge on any atom is -0.480 e. The lowest BCUT2D eigenvalue weighted by molar-refractivity contribution is -0.138. The maximum absolute atomic E-state index is 11.9. The number of aliphatic carboxylic acids is 1. The van der Waals surface area contributed by atoms with E-state index in [9.17, 15) is 9.36 Å². The zero-order chi connectivity index (χ0) is 11.9. The van der Waals surface area contributed by atoms with Gasteiger partial charge in [-0.15, -0.1) is 0 Å². The number of rotatable bonds is 8. The van der Waals surface area contributed by atoms with Gasteiger partial charge in [0.15, 0.2) is 0 Å². The van der Waals surface area contributed by atoms with Crippen LogP contribution in [0.25, 0.3) is 0 Å². The normalized spacial score (nSPS) is 17.0. The molecule has 0 saturated heterocycles. The van der Waals surface area contributed by atoms with E-state index in [-0.39, 0.29) is 19.6 Å². The number of aliphatic hydroxyl groups is 1. The Kier molecular flexibility index (Phi) is 6.71. The number of carboxylic acid groups (broad SMARTS) is 1. The van der Waals surface area contributed by atoms with Gasteiger partial charge in [-0.3, -0.25) is 9.36 Å². The lowest BCUT2D eigenvalue weighted by atomic mass is 10.4. The van der Waals surface area contributed by atoms with Gasteiger partial charge in [0, 0.05) is 7.11 Å². The van der Waals surface area contributed by atoms with Crippen LogP contribution in [0.4, 0.5) is 0 Å². The summed E-state index contributed by atoms with van der Waals surface area (Å²) < 4.78 is 21.4. The molecule has 0 amide bonds. The third-order valence-corrected chi connectivity index (χ3v) is 3.43. The third-order valence-electron chi connectivity index (χ3n) is 1.45. The standard InChI is InChI=1S/C7H16NO6P/c1-6(7(10)11)8-15(12,5-13-2)14-4-3-9/h6,9H,3-5H2,1-2H3,(H,8,12)(H,10,11)/t6-,15?/m0/s1. The summed E-state index contributed by atoms with van der Waals surface area (Å²) in [7, 11) is -2.04. The zero-order valence-corrected chi connectivity index (χ0v) is 9.57. The van der Waals surface area contributed by atoms with Crippen molar-refractivity contribution < 1.29 is 28.8 Å². The summed E-state index contributed by atoms with van der Waals surface area (Å²) in [5.41, 5.74) is 0. The molecular formula is C7H16NO6P. The van der Waals surface area contributed by atoms with Crippen molar-refractivity contribution >= 4 is 13.5 Å². The molecule has 0 bridgehead atoms. The van der Waals surface area contributed by atoms with E-state index in [1.54, 1.807) is 0 Å².